The number of nitrogens with one attached hydrogen (secondary N) is 1. The molecule has 5 rings (SSSR count). The average molecular weight is 484 g/mol. The van der Waals surface area contributed by atoms with E-state index in [0.717, 1.165) is 38.9 Å². The maximum Gasteiger partial charge on any atom is 0.224 e. The molecule has 0 fully saturated rings. The van der Waals surface area contributed by atoms with Gasteiger partial charge in [0.15, 0.2) is 0 Å². The van der Waals surface area contributed by atoms with Crippen molar-refractivity contribution in [3.05, 3.63) is 107 Å². The van der Waals surface area contributed by atoms with E-state index in [0.29, 0.717) is 37.6 Å². The number of fused-ring (bicyclic) bond motifs is 2. The summed E-state index contributed by atoms with van der Waals surface area (Å²) < 4.78 is 8.37. The highest BCUT2D eigenvalue weighted by Crippen LogP contribution is 2.25. The molecule has 1 amide bonds. The van der Waals surface area contributed by atoms with Crippen LogP contribution in [0.5, 0.6) is 5.75 Å². The normalized spacial score (nSPS) is 11.1. The van der Waals surface area contributed by atoms with Gasteiger partial charge >= 0.3 is 0 Å². The van der Waals surface area contributed by atoms with Crippen molar-refractivity contribution in [3.8, 4) is 5.75 Å². The van der Waals surface area contributed by atoms with E-state index in [-0.39, 0.29) is 5.91 Å². The van der Waals surface area contributed by atoms with Crippen molar-refractivity contribution in [1.82, 2.24) is 14.9 Å². The van der Waals surface area contributed by atoms with E-state index in [2.05, 4.69) is 34.1 Å². The number of nitrogens with zero attached hydrogens (tertiary/aromatic N) is 2. The van der Waals surface area contributed by atoms with E-state index >= 15 is 0 Å². The first kappa shape index (κ1) is 22.9. The summed E-state index contributed by atoms with van der Waals surface area (Å²) in [6, 6.07) is 29.8. The summed E-state index contributed by atoms with van der Waals surface area (Å²) in [5.74, 6) is 1.79. The van der Waals surface area contributed by atoms with Crippen LogP contribution in [0.1, 0.15) is 11.4 Å². The van der Waals surface area contributed by atoms with Crippen molar-refractivity contribution in [1.29, 1.82) is 0 Å². The Morgan fingerprint density at radius 1 is 0.914 bits per heavy atom. The SMILES string of the molecule is O=C(Cc1ccc(Cl)cc1)NCCc1nc2ccccc2n1CCOc1cccc2ccccc12. The van der Waals surface area contributed by atoms with Crippen molar-refractivity contribution in [2.75, 3.05) is 13.2 Å². The molecule has 0 atom stereocenters. The molecule has 0 unspecified atom stereocenters. The number of amides is 1. The van der Waals surface area contributed by atoms with Gasteiger partial charge in [-0.1, -0.05) is 72.3 Å². The van der Waals surface area contributed by atoms with E-state index in [1.807, 2.05) is 54.6 Å². The van der Waals surface area contributed by atoms with E-state index < -0.39 is 0 Å². The van der Waals surface area contributed by atoms with Gasteiger partial charge < -0.3 is 14.6 Å². The molecule has 0 spiro atoms. The third kappa shape index (κ3) is 5.47. The van der Waals surface area contributed by atoms with Gasteiger partial charge in [0.25, 0.3) is 0 Å². The standard InChI is InChI=1S/C29H26ClN3O2/c30-23-14-12-21(13-15-23)20-29(34)31-17-16-28-32-25-9-3-4-10-26(25)33(28)18-19-35-27-11-5-7-22-6-1-2-8-24(22)27/h1-15H,16-20H2,(H,31,34). The first-order chi connectivity index (χ1) is 17.2. The van der Waals surface area contributed by atoms with Crippen LogP contribution in [-0.4, -0.2) is 28.6 Å². The quantitative estimate of drug-likeness (QED) is 0.287. The fourth-order valence-electron chi connectivity index (χ4n) is 4.30. The number of para-hydroxylation sites is 2. The molecule has 0 aliphatic carbocycles. The first-order valence-corrected chi connectivity index (χ1v) is 12.1. The minimum Gasteiger partial charge on any atom is -0.491 e. The number of imidazole rings is 1. The number of rotatable bonds is 9. The summed E-state index contributed by atoms with van der Waals surface area (Å²) in [7, 11) is 0. The summed E-state index contributed by atoms with van der Waals surface area (Å²) in [6.45, 7) is 1.70. The van der Waals surface area contributed by atoms with Crippen molar-refractivity contribution in [2.24, 2.45) is 0 Å². The van der Waals surface area contributed by atoms with Crippen LogP contribution in [0.2, 0.25) is 5.02 Å². The maximum atomic E-state index is 12.4. The van der Waals surface area contributed by atoms with Crippen LogP contribution >= 0.6 is 11.6 Å². The van der Waals surface area contributed by atoms with Gasteiger partial charge in [-0.15, -0.1) is 0 Å². The highest BCUT2D eigenvalue weighted by Gasteiger charge is 2.12. The summed E-state index contributed by atoms with van der Waals surface area (Å²) in [4.78, 5) is 17.2. The molecule has 1 aromatic heterocycles. The minimum atomic E-state index is -0.0192. The summed E-state index contributed by atoms with van der Waals surface area (Å²) in [5.41, 5.74) is 2.95. The molecule has 5 aromatic rings. The van der Waals surface area contributed by atoms with Crippen molar-refractivity contribution in [3.63, 3.8) is 0 Å². The second kappa shape index (κ2) is 10.6. The maximum absolute atomic E-state index is 12.4. The fourth-order valence-corrected chi connectivity index (χ4v) is 4.42. The molecule has 0 saturated heterocycles. The lowest BCUT2D eigenvalue weighted by molar-refractivity contribution is -0.120. The first-order valence-electron chi connectivity index (χ1n) is 11.7. The molecule has 176 valence electrons. The highest BCUT2D eigenvalue weighted by atomic mass is 35.5. The summed E-state index contributed by atoms with van der Waals surface area (Å²) in [5, 5.41) is 5.94. The summed E-state index contributed by atoms with van der Waals surface area (Å²) in [6.07, 6.45) is 0.960. The Morgan fingerprint density at radius 3 is 2.57 bits per heavy atom. The van der Waals surface area contributed by atoms with Crippen molar-refractivity contribution in [2.45, 2.75) is 19.4 Å². The van der Waals surface area contributed by atoms with Gasteiger partial charge in [0, 0.05) is 23.4 Å². The van der Waals surface area contributed by atoms with E-state index in [4.69, 9.17) is 21.3 Å². The minimum absolute atomic E-state index is 0.0192. The van der Waals surface area contributed by atoms with Gasteiger partial charge in [0.05, 0.1) is 24.0 Å². The smallest absolute Gasteiger partial charge is 0.224 e. The van der Waals surface area contributed by atoms with Gasteiger partial charge in [-0.3, -0.25) is 4.79 Å². The van der Waals surface area contributed by atoms with Gasteiger partial charge in [-0.25, -0.2) is 4.98 Å². The number of carbonyl (C=O) groups excluding carboxylic acids is 1. The molecule has 4 aromatic carbocycles. The number of hydrogen-bond acceptors (Lipinski definition) is 3. The molecule has 0 aliphatic heterocycles. The zero-order valence-corrected chi connectivity index (χ0v) is 20.0. The topological polar surface area (TPSA) is 56.2 Å². The number of carbonyl (C=O) groups is 1. The molecule has 1 N–H and O–H groups in total. The third-order valence-electron chi connectivity index (χ3n) is 6.00. The zero-order chi connectivity index (χ0) is 24.0. The molecule has 5 nitrogen and oxygen atoms in total. The van der Waals surface area contributed by atoms with Crippen molar-refractivity contribution < 1.29 is 9.53 Å². The van der Waals surface area contributed by atoms with Gasteiger partial charge in [0.2, 0.25) is 5.91 Å². The van der Waals surface area contributed by atoms with Gasteiger partial charge in [0.1, 0.15) is 18.2 Å². The Morgan fingerprint density at radius 2 is 1.69 bits per heavy atom. The number of benzene rings is 4. The predicted molar refractivity (Wildman–Crippen MR) is 141 cm³/mol. The molecular formula is C29H26ClN3O2. The molecule has 0 radical (unpaired) electrons. The number of hydrogen-bond donors (Lipinski definition) is 1. The molecule has 35 heavy (non-hydrogen) atoms. The van der Waals surface area contributed by atoms with Crippen LogP contribution in [0.3, 0.4) is 0 Å². The van der Waals surface area contributed by atoms with Gasteiger partial charge in [-0.2, -0.15) is 0 Å². The molecule has 1 heterocycles. The predicted octanol–water partition coefficient (Wildman–Crippen LogP) is 5.82. The highest BCUT2D eigenvalue weighted by molar-refractivity contribution is 6.30. The van der Waals surface area contributed by atoms with E-state index in [1.165, 1.54) is 0 Å². The van der Waals surface area contributed by atoms with E-state index in [1.54, 1.807) is 12.1 Å². The van der Waals surface area contributed by atoms with E-state index in [9.17, 15) is 4.79 Å². The second-order valence-corrected chi connectivity index (χ2v) is 8.83. The van der Waals surface area contributed by atoms with Crippen LogP contribution < -0.4 is 10.1 Å². The second-order valence-electron chi connectivity index (χ2n) is 8.40. The average Bonchev–Trinajstić information content (AvgIpc) is 3.23. The van der Waals surface area contributed by atoms with Crippen LogP contribution in [0.25, 0.3) is 21.8 Å². The van der Waals surface area contributed by atoms with Crippen LogP contribution in [0.4, 0.5) is 0 Å². The monoisotopic (exact) mass is 483 g/mol. The number of halogens is 1. The Hall–Kier alpha value is -3.83. The lowest BCUT2D eigenvalue weighted by atomic mass is 10.1. The zero-order valence-electron chi connectivity index (χ0n) is 19.3. The largest absolute Gasteiger partial charge is 0.491 e. The third-order valence-corrected chi connectivity index (χ3v) is 6.26. The molecule has 0 bridgehead atoms. The van der Waals surface area contributed by atoms with Crippen LogP contribution in [-0.2, 0) is 24.2 Å². The fraction of sp³-hybridized carbons (Fsp3) is 0.172. The lowest BCUT2D eigenvalue weighted by Gasteiger charge is -2.13. The van der Waals surface area contributed by atoms with Gasteiger partial charge in [-0.05, 0) is 41.3 Å². The van der Waals surface area contributed by atoms with Crippen LogP contribution in [0, 0.1) is 0 Å². The Labute approximate surface area is 209 Å². The number of aromatic nitrogens is 2. The number of ether oxygens (including phenoxy) is 1. The van der Waals surface area contributed by atoms with Crippen LogP contribution in [0.15, 0.2) is 91.0 Å². The van der Waals surface area contributed by atoms with Crippen molar-refractivity contribution >= 4 is 39.3 Å². The Balaban J connectivity index is 1.24. The molecular weight excluding hydrogens is 458 g/mol. The molecule has 0 saturated carbocycles. The Kier molecular flexibility index (Phi) is 6.96. The molecule has 6 heteroatoms. The lowest BCUT2D eigenvalue weighted by Crippen LogP contribution is -2.28. The Bertz CT molecular complexity index is 1460. The summed E-state index contributed by atoms with van der Waals surface area (Å²) >= 11 is 5.93. The molecule has 0 aliphatic rings.